The van der Waals surface area contributed by atoms with Gasteiger partial charge in [-0.2, -0.15) is 13.2 Å². The second-order valence-electron chi connectivity index (χ2n) is 11.7. The monoisotopic (exact) mass is 597 g/mol. The molecule has 11 nitrogen and oxygen atoms in total. The Morgan fingerprint density at radius 2 is 2.07 bits per heavy atom. The molecule has 14 heteroatoms. The van der Waals surface area contributed by atoms with Crippen molar-refractivity contribution in [3.8, 4) is 0 Å². The maximum Gasteiger partial charge on any atom is 0.417 e. The molecule has 4 aliphatic rings. The molecule has 3 fully saturated rings. The summed E-state index contributed by atoms with van der Waals surface area (Å²) in [6.07, 6.45) is -2.11. The third kappa shape index (κ3) is 6.35. The van der Waals surface area contributed by atoms with Gasteiger partial charge in [-0.05, 0) is 36.8 Å². The van der Waals surface area contributed by atoms with Gasteiger partial charge in [0.2, 0.25) is 11.8 Å². The molecule has 0 spiro atoms. The summed E-state index contributed by atoms with van der Waals surface area (Å²) in [5, 5.41) is 6.26. The van der Waals surface area contributed by atoms with Crippen molar-refractivity contribution in [2.75, 3.05) is 53.1 Å². The molecule has 1 aliphatic carbocycles. The van der Waals surface area contributed by atoms with Gasteiger partial charge in [-0.25, -0.2) is 4.79 Å². The van der Waals surface area contributed by atoms with E-state index >= 15 is 0 Å². The first kappa shape index (κ1) is 30.5. The van der Waals surface area contributed by atoms with Crippen molar-refractivity contribution in [3.05, 3.63) is 29.1 Å². The molecule has 3 aliphatic heterocycles. The van der Waals surface area contributed by atoms with Crippen LogP contribution in [0.15, 0.2) is 12.3 Å². The number of halogens is 3. The van der Waals surface area contributed by atoms with Gasteiger partial charge in [0, 0.05) is 77.2 Å². The lowest BCUT2D eigenvalue weighted by molar-refractivity contribution is -0.144. The third-order valence-electron chi connectivity index (χ3n) is 8.97. The lowest BCUT2D eigenvalue weighted by Crippen LogP contribution is -2.52. The van der Waals surface area contributed by atoms with E-state index in [4.69, 9.17) is 14.2 Å². The average molecular weight is 598 g/mol. The fourth-order valence-corrected chi connectivity index (χ4v) is 6.93. The van der Waals surface area contributed by atoms with Crippen molar-refractivity contribution in [2.45, 2.75) is 63.5 Å². The maximum absolute atomic E-state index is 14.3. The van der Waals surface area contributed by atoms with Crippen LogP contribution in [0.5, 0.6) is 0 Å². The molecule has 5 rings (SSSR count). The largest absolute Gasteiger partial charge is 0.448 e. The Kier molecular flexibility index (Phi) is 8.95. The number of likely N-dealkylation sites (tertiary alicyclic amines) is 1. The van der Waals surface area contributed by atoms with E-state index in [2.05, 4.69) is 15.6 Å². The van der Waals surface area contributed by atoms with Crippen molar-refractivity contribution in [1.82, 2.24) is 25.4 Å². The molecule has 2 N–H and O–H groups in total. The molecule has 3 amide bonds. The summed E-state index contributed by atoms with van der Waals surface area (Å²) in [7, 11) is 1.64. The lowest BCUT2D eigenvalue weighted by Gasteiger charge is -2.37. The van der Waals surface area contributed by atoms with Crippen LogP contribution in [0.25, 0.3) is 0 Å². The van der Waals surface area contributed by atoms with Crippen LogP contribution in [0.2, 0.25) is 0 Å². The number of nitrogens with zero attached hydrogens (tertiary/aromatic N) is 3. The van der Waals surface area contributed by atoms with Crippen LogP contribution in [0.4, 0.5) is 18.0 Å². The van der Waals surface area contributed by atoms with E-state index in [1.807, 2.05) is 0 Å². The third-order valence-corrected chi connectivity index (χ3v) is 8.97. The summed E-state index contributed by atoms with van der Waals surface area (Å²) in [6.45, 7) is 3.50. The van der Waals surface area contributed by atoms with Crippen LogP contribution in [0, 0.1) is 11.3 Å². The van der Waals surface area contributed by atoms with Crippen molar-refractivity contribution in [1.29, 1.82) is 0 Å². The van der Waals surface area contributed by atoms with Crippen LogP contribution in [0.3, 0.4) is 0 Å². The summed E-state index contributed by atoms with van der Waals surface area (Å²) in [5.41, 5.74) is -0.792. The Bertz CT molecular complexity index is 1190. The topological polar surface area (TPSA) is 122 Å². The quantitative estimate of drug-likeness (QED) is 0.456. The second kappa shape index (κ2) is 12.3. The van der Waals surface area contributed by atoms with Gasteiger partial charge >= 0.3 is 12.3 Å². The van der Waals surface area contributed by atoms with Crippen LogP contribution < -0.4 is 10.6 Å². The van der Waals surface area contributed by atoms with Crippen molar-refractivity contribution in [3.63, 3.8) is 0 Å². The first-order chi connectivity index (χ1) is 20.0. The highest BCUT2D eigenvalue weighted by Crippen LogP contribution is 2.51. The molecule has 1 aromatic heterocycles. The van der Waals surface area contributed by atoms with Gasteiger partial charge in [-0.3, -0.25) is 14.6 Å². The Morgan fingerprint density at radius 1 is 1.26 bits per heavy atom. The first-order valence-electron chi connectivity index (χ1n) is 14.4. The lowest BCUT2D eigenvalue weighted by atomic mass is 9.78. The summed E-state index contributed by atoms with van der Waals surface area (Å²) in [6, 6.07) is 1.14. The van der Waals surface area contributed by atoms with Crippen LogP contribution in [-0.4, -0.2) is 104 Å². The number of ether oxygens (including phenoxy) is 3. The highest BCUT2D eigenvalue weighted by Gasteiger charge is 2.60. The summed E-state index contributed by atoms with van der Waals surface area (Å²) < 4.78 is 56.7. The average Bonchev–Trinajstić information content (AvgIpc) is 3.49. The molecular weight excluding hydrogens is 559 g/mol. The van der Waals surface area contributed by atoms with E-state index in [0.29, 0.717) is 56.8 Å². The summed E-state index contributed by atoms with van der Waals surface area (Å²) in [4.78, 5) is 45.6. The molecule has 0 bridgehead atoms. The predicted octanol–water partition coefficient (Wildman–Crippen LogP) is 1.73. The summed E-state index contributed by atoms with van der Waals surface area (Å²) in [5.74, 6) is -0.554. The summed E-state index contributed by atoms with van der Waals surface area (Å²) >= 11 is 0. The van der Waals surface area contributed by atoms with Crippen LogP contribution in [-0.2, 0) is 42.9 Å². The Morgan fingerprint density at radius 3 is 2.81 bits per heavy atom. The molecule has 2 saturated heterocycles. The van der Waals surface area contributed by atoms with Crippen LogP contribution >= 0.6 is 0 Å². The molecule has 4 heterocycles. The van der Waals surface area contributed by atoms with Gasteiger partial charge in [0.1, 0.15) is 6.61 Å². The first-order valence-corrected chi connectivity index (χ1v) is 14.4. The highest BCUT2D eigenvalue weighted by atomic mass is 19.4. The Balaban J connectivity index is 1.33. The second-order valence-corrected chi connectivity index (χ2v) is 11.7. The number of rotatable bonds is 7. The van der Waals surface area contributed by atoms with Gasteiger partial charge in [0.25, 0.3) is 0 Å². The smallest absolute Gasteiger partial charge is 0.417 e. The number of pyridine rings is 1. The van der Waals surface area contributed by atoms with E-state index in [0.717, 1.165) is 18.7 Å². The molecule has 1 saturated carbocycles. The fraction of sp³-hybridized carbons (Fsp3) is 0.714. The molecule has 0 radical (unpaired) electrons. The van der Waals surface area contributed by atoms with E-state index in [1.54, 1.807) is 16.9 Å². The molecule has 42 heavy (non-hydrogen) atoms. The standard InChI is InChI=1S/C28H38F3N5O6/c1-17(37)32-5-8-42-26(39)36-14-20-10-21(34-23-4-7-41-15-24(23)40-2)11-27(20,16-36)25(38)35-6-3-22-18(13-35)9-19(12-33-22)28(29,30)31/h9,12,20-21,23-24,34H,3-8,10-11,13-16H2,1-2H3,(H,32,37). The molecule has 5 unspecified atom stereocenters. The van der Waals surface area contributed by atoms with Gasteiger partial charge < -0.3 is 34.6 Å². The number of methoxy groups -OCH3 is 1. The number of nitrogens with one attached hydrogen (secondary N) is 2. The van der Waals surface area contributed by atoms with Gasteiger partial charge in [-0.15, -0.1) is 0 Å². The molecule has 5 atom stereocenters. The number of fused-ring (bicyclic) bond motifs is 2. The van der Waals surface area contributed by atoms with E-state index in [9.17, 15) is 27.6 Å². The van der Waals surface area contributed by atoms with Gasteiger partial charge in [-0.1, -0.05) is 0 Å². The zero-order valence-corrected chi connectivity index (χ0v) is 23.9. The number of carbonyl (C=O) groups is 3. The van der Waals surface area contributed by atoms with Crippen molar-refractivity contribution >= 4 is 17.9 Å². The SMILES string of the molecule is COC1COCCC1NC1CC2CN(C(=O)OCCNC(C)=O)CC2(C(=O)N2CCc3ncc(C(F)(F)F)cc3C2)C1. The number of alkyl halides is 3. The Hall–Kier alpha value is -2.97. The zero-order chi connectivity index (χ0) is 30.1. The number of amides is 3. The molecular formula is C28H38F3N5O6. The zero-order valence-electron chi connectivity index (χ0n) is 23.9. The van der Waals surface area contributed by atoms with Gasteiger partial charge in [0.05, 0.1) is 30.2 Å². The van der Waals surface area contributed by atoms with Crippen molar-refractivity contribution < 1.29 is 41.8 Å². The normalized spacial score (nSPS) is 29.2. The molecule has 1 aromatic rings. The van der Waals surface area contributed by atoms with E-state index < -0.39 is 23.2 Å². The maximum atomic E-state index is 14.3. The predicted molar refractivity (Wildman–Crippen MR) is 142 cm³/mol. The highest BCUT2D eigenvalue weighted by molar-refractivity contribution is 5.86. The van der Waals surface area contributed by atoms with Gasteiger partial charge in [0.15, 0.2) is 0 Å². The van der Waals surface area contributed by atoms with Crippen molar-refractivity contribution in [2.24, 2.45) is 11.3 Å². The minimum atomic E-state index is -4.53. The molecule has 232 valence electrons. The number of hydrogen-bond acceptors (Lipinski definition) is 8. The minimum Gasteiger partial charge on any atom is -0.448 e. The number of aromatic nitrogens is 1. The van der Waals surface area contributed by atoms with E-state index in [-0.39, 0.29) is 62.2 Å². The number of hydrogen-bond donors (Lipinski definition) is 2. The molecule has 0 aromatic carbocycles. The Labute approximate surface area is 242 Å². The van der Waals surface area contributed by atoms with Crippen LogP contribution in [0.1, 0.15) is 43.0 Å². The number of carbonyl (C=O) groups excluding carboxylic acids is 3. The fourth-order valence-electron chi connectivity index (χ4n) is 6.93. The minimum absolute atomic E-state index is 0.00428. The van der Waals surface area contributed by atoms with E-state index in [1.165, 1.54) is 6.92 Å².